The van der Waals surface area contributed by atoms with Crippen LogP contribution in [0.1, 0.15) is 27.2 Å². The van der Waals surface area contributed by atoms with Crippen molar-refractivity contribution >= 4 is 12.0 Å². The second-order valence-electron chi connectivity index (χ2n) is 5.10. The van der Waals surface area contributed by atoms with Crippen molar-refractivity contribution in [3.63, 3.8) is 0 Å². The molecule has 0 radical (unpaired) electrons. The summed E-state index contributed by atoms with van der Waals surface area (Å²) in [6.07, 6.45) is 0.423. The largest absolute Gasteiger partial charge is 0.450 e. The van der Waals surface area contributed by atoms with E-state index >= 15 is 0 Å². The molecule has 0 spiro atoms. The standard InChI is InChI=1S/C13H25N3O3/c1-4-13(3,10-14)11(17)15-6-8-16(9-7-15)12(18)19-5-2/h4-10,14H2,1-3H3. The summed E-state index contributed by atoms with van der Waals surface area (Å²) in [7, 11) is 0. The Bertz CT molecular complexity index is 321. The minimum absolute atomic E-state index is 0.0843. The van der Waals surface area contributed by atoms with Crippen LogP contribution in [0.4, 0.5) is 4.79 Å². The number of carbonyl (C=O) groups excluding carboxylic acids is 2. The van der Waals surface area contributed by atoms with Gasteiger partial charge in [0.15, 0.2) is 0 Å². The van der Waals surface area contributed by atoms with Gasteiger partial charge >= 0.3 is 6.09 Å². The molecule has 6 heteroatoms. The molecule has 1 aliphatic heterocycles. The fourth-order valence-electron chi connectivity index (χ4n) is 2.07. The Morgan fingerprint density at radius 2 is 1.68 bits per heavy atom. The van der Waals surface area contributed by atoms with Crippen LogP contribution in [-0.4, -0.2) is 61.1 Å². The lowest BCUT2D eigenvalue weighted by atomic mass is 9.86. The van der Waals surface area contributed by atoms with Gasteiger partial charge < -0.3 is 20.3 Å². The van der Waals surface area contributed by atoms with Gasteiger partial charge in [-0.2, -0.15) is 0 Å². The Labute approximate surface area is 114 Å². The summed E-state index contributed by atoms with van der Waals surface area (Å²) in [6.45, 7) is 8.52. The molecule has 0 saturated carbocycles. The van der Waals surface area contributed by atoms with Crippen LogP contribution in [0.2, 0.25) is 0 Å². The summed E-state index contributed by atoms with van der Waals surface area (Å²) >= 11 is 0. The van der Waals surface area contributed by atoms with E-state index < -0.39 is 5.41 Å². The predicted octanol–water partition coefficient (Wildman–Crippen LogP) is 0.662. The lowest BCUT2D eigenvalue weighted by molar-refractivity contribution is -0.142. The molecular weight excluding hydrogens is 246 g/mol. The number of carbonyl (C=O) groups is 2. The molecule has 0 aromatic carbocycles. The summed E-state index contributed by atoms with van der Waals surface area (Å²) in [5.41, 5.74) is 5.21. The zero-order valence-corrected chi connectivity index (χ0v) is 12.1. The van der Waals surface area contributed by atoms with E-state index in [0.29, 0.717) is 39.3 Å². The Hall–Kier alpha value is -1.30. The van der Waals surface area contributed by atoms with Crippen molar-refractivity contribution in [1.29, 1.82) is 0 Å². The summed E-state index contributed by atoms with van der Waals surface area (Å²) in [5.74, 6) is 0.0843. The molecule has 0 aliphatic carbocycles. The van der Waals surface area contributed by atoms with E-state index in [1.165, 1.54) is 0 Å². The van der Waals surface area contributed by atoms with Crippen molar-refractivity contribution in [2.24, 2.45) is 11.1 Å². The number of hydrogen-bond acceptors (Lipinski definition) is 4. The first kappa shape index (κ1) is 15.8. The molecule has 110 valence electrons. The molecule has 1 aliphatic rings. The minimum Gasteiger partial charge on any atom is -0.450 e. The smallest absolute Gasteiger partial charge is 0.409 e. The van der Waals surface area contributed by atoms with Crippen molar-refractivity contribution < 1.29 is 14.3 Å². The van der Waals surface area contributed by atoms with E-state index in [-0.39, 0.29) is 12.0 Å². The van der Waals surface area contributed by atoms with Crippen molar-refractivity contribution in [1.82, 2.24) is 9.80 Å². The van der Waals surface area contributed by atoms with E-state index in [2.05, 4.69) is 0 Å². The van der Waals surface area contributed by atoms with Crippen LogP contribution >= 0.6 is 0 Å². The van der Waals surface area contributed by atoms with Gasteiger partial charge in [0.05, 0.1) is 12.0 Å². The third-order valence-corrected chi connectivity index (χ3v) is 3.84. The zero-order valence-electron chi connectivity index (χ0n) is 12.1. The van der Waals surface area contributed by atoms with Gasteiger partial charge in [0.1, 0.15) is 0 Å². The SMILES string of the molecule is CCOC(=O)N1CCN(C(=O)C(C)(CC)CN)CC1. The molecular formula is C13H25N3O3. The number of nitrogens with two attached hydrogens (primary N) is 1. The molecule has 1 rings (SSSR count). The molecule has 0 bridgehead atoms. The molecule has 0 aromatic heterocycles. The number of hydrogen-bond donors (Lipinski definition) is 1. The van der Waals surface area contributed by atoms with Crippen LogP contribution in [0.3, 0.4) is 0 Å². The number of nitrogens with zero attached hydrogens (tertiary/aromatic N) is 2. The van der Waals surface area contributed by atoms with Crippen LogP contribution in [-0.2, 0) is 9.53 Å². The van der Waals surface area contributed by atoms with Gasteiger partial charge in [-0.05, 0) is 20.3 Å². The predicted molar refractivity (Wildman–Crippen MR) is 72.6 cm³/mol. The first-order valence-corrected chi connectivity index (χ1v) is 6.89. The average Bonchev–Trinajstić information content (AvgIpc) is 2.46. The molecule has 1 heterocycles. The summed E-state index contributed by atoms with van der Waals surface area (Å²) in [5, 5.41) is 0. The van der Waals surface area contributed by atoms with Crippen molar-refractivity contribution in [2.75, 3.05) is 39.3 Å². The molecule has 2 amide bonds. The lowest BCUT2D eigenvalue weighted by Crippen LogP contribution is -2.55. The van der Waals surface area contributed by atoms with Crippen LogP contribution in [0.25, 0.3) is 0 Å². The molecule has 2 N–H and O–H groups in total. The van der Waals surface area contributed by atoms with Crippen LogP contribution < -0.4 is 5.73 Å². The van der Waals surface area contributed by atoms with Crippen molar-refractivity contribution in [3.05, 3.63) is 0 Å². The second kappa shape index (κ2) is 6.75. The highest BCUT2D eigenvalue weighted by Gasteiger charge is 2.35. The zero-order chi connectivity index (χ0) is 14.5. The van der Waals surface area contributed by atoms with Crippen molar-refractivity contribution in [3.8, 4) is 0 Å². The quantitative estimate of drug-likeness (QED) is 0.815. The summed E-state index contributed by atoms with van der Waals surface area (Å²) in [6, 6.07) is 0. The molecule has 1 fully saturated rings. The Morgan fingerprint density at radius 3 is 2.11 bits per heavy atom. The first-order valence-electron chi connectivity index (χ1n) is 6.89. The third-order valence-electron chi connectivity index (χ3n) is 3.84. The van der Waals surface area contributed by atoms with E-state index in [1.807, 2.05) is 13.8 Å². The molecule has 1 saturated heterocycles. The van der Waals surface area contributed by atoms with E-state index in [1.54, 1.807) is 16.7 Å². The highest BCUT2D eigenvalue weighted by Crippen LogP contribution is 2.23. The third kappa shape index (κ3) is 3.59. The average molecular weight is 271 g/mol. The van der Waals surface area contributed by atoms with Crippen molar-refractivity contribution in [2.45, 2.75) is 27.2 Å². The maximum absolute atomic E-state index is 12.4. The van der Waals surface area contributed by atoms with Crippen LogP contribution in [0, 0.1) is 5.41 Å². The van der Waals surface area contributed by atoms with E-state index in [9.17, 15) is 9.59 Å². The molecule has 19 heavy (non-hydrogen) atoms. The van der Waals surface area contributed by atoms with Gasteiger partial charge in [-0.1, -0.05) is 6.92 Å². The van der Waals surface area contributed by atoms with Crippen LogP contribution in [0.5, 0.6) is 0 Å². The van der Waals surface area contributed by atoms with Gasteiger partial charge in [0.2, 0.25) is 5.91 Å². The maximum Gasteiger partial charge on any atom is 0.409 e. The highest BCUT2D eigenvalue weighted by atomic mass is 16.6. The fraction of sp³-hybridized carbons (Fsp3) is 0.846. The minimum atomic E-state index is -0.494. The first-order chi connectivity index (χ1) is 8.98. The van der Waals surface area contributed by atoms with Gasteiger partial charge in [0, 0.05) is 32.7 Å². The molecule has 6 nitrogen and oxygen atoms in total. The number of piperazine rings is 1. The Morgan fingerprint density at radius 1 is 1.16 bits per heavy atom. The van der Waals surface area contributed by atoms with E-state index in [0.717, 1.165) is 6.42 Å². The van der Waals surface area contributed by atoms with Gasteiger partial charge in [0.25, 0.3) is 0 Å². The van der Waals surface area contributed by atoms with E-state index in [4.69, 9.17) is 10.5 Å². The maximum atomic E-state index is 12.4. The van der Waals surface area contributed by atoms with Gasteiger partial charge in [-0.25, -0.2) is 4.79 Å². The lowest BCUT2D eigenvalue weighted by Gasteiger charge is -2.38. The summed E-state index contributed by atoms with van der Waals surface area (Å²) < 4.78 is 4.95. The number of ether oxygens (including phenoxy) is 1. The fourth-order valence-corrected chi connectivity index (χ4v) is 2.07. The Balaban J connectivity index is 2.54. The topological polar surface area (TPSA) is 75.9 Å². The van der Waals surface area contributed by atoms with Gasteiger partial charge in [-0.3, -0.25) is 4.79 Å². The Kier molecular flexibility index (Phi) is 5.60. The molecule has 1 atom stereocenters. The highest BCUT2D eigenvalue weighted by molar-refractivity contribution is 5.83. The molecule has 1 unspecified atom stereocenters. The number of rotatable bonds is 4. The number of amides is 2. The molecule has 0 aromatic rings. The van der Waals surface area contributed by atoms with Gasteiger partial charge in [-0.15, -0.1) is 0 Å². The monoisotopic (exact) mass is 271 g/mol. The summed E-state index contributed by atoms with van der Waals surface area (Å²) in [4.78, 5) is 27.4. The second-order valence-corrected chi connectivity index (χ2v) is 5.10. The van der Waals surface area contributed by atoms with Crippen LogP contribution in [0.15, 0.2) is 0 Å². The normalized spacial score (nSPS) is 18.9.